The average Bonchev–Trinajstić information content (AvgIpc) is 2.71. The molecule has 0 bridgehead atoms. The molecule has 0 aromatic rings. The number of unbranched alkanes of at least 4 members (excludes halogenated alkanes) is 2. The maximum absolute atomic E-state index is 11.1. The molecule has 2 aliphatic carbocycles. The number of carbonyl (C=O) groups excluding carboxylic acids is 1. The number of ether oxygens (including phenoxy) is 1. The molecule has 0 spiro atoms. The van der Waals surface area contributed by atoms with Gasteiger partial charge in [0.05, 0.1) is 12.7 Å². The van der Waals surface area contributed by atoms with Gasteiger partial charge >= 0.3 is 0 Å². The molecule has 0 aliphatic heterocycles. The van der Waals surface area contributed by atoms with Crippen molar-refractivity contribution in [2.24, 2.45) is 17.8 Å². The van der Waals surface area contributed by atoms with Gasteiger partial charge in [-0.2, -0.15) is 0 Å². The summed E-state index contributed by atoms with van der Waals surface area (Å²) in [6.07, 6.45) is 21.4. The molecule has 0 unspecified atom stereocenters. The Balaban J connectivity index is 1.48. The van der Waals surface area contributed by atoms with Gasteiger partial charge < -0.3 is 10.1 Å². The first-order chi connectivity index (χ1) is 13.2. The Morgan fingerprint density at radius 1 is 0.926 bits per heavy atom. The number of hydrogen-bond acceptors (Lipinski definition) is 2. The SMILES string of the molecule is C=CC(=O)NCCOC1CCC(CCC2CCC(CCCCC)CC2)CC1. The highest BCUT2D eigenvalue weighted by atomic mass is 16.5. The highest BCUT2D eigenvalue weighted by molar-refractivity contribution is 5.86. The van der Waals surface area contributed by atoms with E-state index in [1.54, 1.807) is 0 Å². The molecule has 0 heterocycles. The monoisotopic (exact) mass is 377 g/mol. The van der Waals surface area contributed by atoms with Crippen molar-refractivity contribution in [2.75, 3.05) is 13.2 Å². The van der Waals surface area contributed by atoms with Crippen molar-refractivity contribution >= 4 is 5.91 Å². The molecule has 27 heavy (non-hydrogen) atoms. The molecule has 0 atom stereocenters. The molecular weight excluding hydrogens is 334 g/mol. The van der Waals surface area contributed by atoms with Crippen LogP contribution in [0.2, 0.25) is 0 Å². The zero-order chi connectivity index (χ0) is 19.3. The lowest BCUT2D eigenvalue weighted by molar-refractivity contribution is -0.116. The maximum atomic E-state index is 11.1. The van der Waals surface area contributed by atoms with E-state index in [4.69, 9.17) is 4.74 Å². The van der Waals surface area contributed by atoms with Gasteiger partial charge in [0.15, 0.2) is 0 Å². The van der Waals surface area contributed by atoms with Gasteiger partial charge in [0.25, 0.3) is 0 Å². The summed E-state index contributed by atoms with van der Waals surface area (Å²) in [5.41, 5.74) is 0. The van der Waals surface area contributed by atoms with E-state index in [1.165, 1.54) is 96.0 Å². The molecule has 0 aromatic carbocycles. The normalized spacial score (nSPS) is 28.6. The molecule has 2 saturated carbocycles. The van der Waals surface area contributed by atoms with Crippen molar-refractivity contribution < 1.29 is 9.53 Å². The minimum atomic E-state index is -0.114. The summed E-state index contributed by atoms with van der Waals surface area (Å²) < 4.78 is 5.92. The first-order valence-electron chi connectivity index (χ1n) is 11.7. The van der Waals surface area contributed by atoms with Crippen molar-refractivity contribution in [3.8, 4) is 0 Å². The Kier molecular flexibility index (Phi) is 11.1. The molecule has 156 valence electrons. The van der Waals surface area contributed by atoms with Crippen LogP contribution in [0.15, 0.2) is 12.7 Å². The lowest BCUT2D eigenvalue weighted by Crippen LogP contribution is -2.29. The molecule has 0 radical (unpaired) electrons. The Morgan fingerprint density at radius 2 is 1.48 bits per heavy atom. The standard InChI is InChI=1S/C24H43NO2/c1-3-5-6-7-20-8-10-21(11-9-20)12-13-22-14-16-23(17-15-22)27-19-18-25-24(26)4-2/h4,20-23H,2-3,5-19H2,1H3,(H,25,26). The summed E-state index contributed by atoms with van der Waals surface area (Å²) in [5, 5.41) is 2.77. The quantitative estimate of drug-likeness (QED) is 0.333. The predicted molar refractivity (Wildman–Crippen MR) is 114 cm³/mol. The van der Waals surface area contributed by atoms with Crippen molar-refractivity contribution in [3.63, 3.8) is 0 Å². The van der Waals surface area contributed by atoms with E-state index >= 15 is 0 Å². The topological polar surface area (TPSA) is 38.3 Å². The van der Waals surface area contributed by atoms with Gasteiger partial charge in [-0.1, -0.05) is 77.7 Å². The molecule has 0 saturated heterocycles. The van der Waals surface area contributed by atoms with E-state index in [2.05, 4.69) is 18.8 Å². The van der Waals surface area contributed by atoms with E-state index in [0.29, 0.717) is 19.3 Å². The highest BCUT2D eigenvalue weighted by Crippen LogP contribution is 2.37. The molecule has 0 aromatic heterocycles. The number of rotatable bonds is 12. The van der Waals surface area contributed by atoms with Gasteiger partial charge in [-0.3, -0.25) is 4.79 Å². The molecular formula is C24H43NO2. The number of hydrogen-bond donors (Lipinski definition) is 1. The van der Waals surface area contributed by atoms with Crippen LogP contribution >= 0.6 is 0 Å². The fourth-order valence-corrected chi connectivity index (χ4v) is 5.02. The van der Waals surface area contributed by atoms with Gasteiger partial charge in [-0.25, -0.2) is 0 Å². The van der Waals surface area contributed by atoms with Gasteiger partial charge in [-0.05, 0) is 49.5 Å². The van der Waals surface area contributed by atoms with Crippen molar-refractivity contribution in [1.29, 1.82) is 0 Å². The van der Waals surface area contributed by atoms with Crippen molar-refractivity contribution in [2.45, 2.75) is 103 Å². The van der Waals surface area contributed by atoms with Crippen LogP contribution in [0.3, 0.4) is 0 Å². The number of carbonyl (C=O) groups is 1. The third-order valence-corrected chi connectivity index (χ3v) is 6.90. The summed E-state index contributed by atoms with van der Waals surface area (Å²) in [5.74, 6) is 2.86. The largest absolute Gasteiger partial charge is 0.376 e. The highest BCUT2D eigenvalue weighted by Gasteiger charge is 2.24. The second-order valence-corrected chi connectivity index (χ2v) is 8.97. The van der Waals surface area contributed by atoms with Crippen molar-refractivity contribution in [1.82, 2.24) is 5.32 Å². The zero-order valence-corrected chi connectivity index (χ0v) is 17.7. The lowest BCUT2D eigenvalue weighted by Gasteiger charge is -2.32. The van der Waals surface area contributed by atoms with E-state index in [0.717, 1.165) is 17.8 Å². The summed E-state index contributed by atoms with van der Waals surface area (Å²) in [7, 11) is 0. The van der Waals surface area contributed by atoms with Gasteiger partial charge in [-0.15, -0.1) is 0 Å². The predicted octanol–water partition coefficient (Wildman–Crippen LogP) is 6.03. The fourth-order valence-electron chi connectivity index (χ4n) is 5.02. The minimum absolute atomic E-state index is 0.114. The molecule has 1 amide bonds. The molecule has 2 fully saturated rings. The van der Waals surface area contributed by atoms with Crippen LogP contribution in [0.1, 0.15) is 96.8 Å². The summed E-state index contributed by atoms with van der Waals surface area (Å²) >= 11 is 0. The fraction of sp³-hybridized carbons (Fsp3) is 0.875. The maximum Gasteiger partial charge on any atom is 0.243 e. The Morgan fingerprint density at radius 3 is 2.04 bits per heavy atom. The van der Waals surface area contributed by atoms with E-state index in [-0.39, 0.29) is 5.91 Å². The van der Waals surface area contributed by atoms with Crippen molar-refractivity contribution in [3.05, 3.63) is 12.7 Å². The van der Waals surface area contributed by atoms with Crippen LogP contribution in [0.4, 0.5) is 0 Å². The third-order valence-electron chi connectivity index (χ3n) is 6.90. The van der Waals surface area contributed by atoms with Crippen LogP contribution < -0.4 is 5.32 Å². The Labute approximate surface area is 167 Å². The summed E-state index contributed by atoms with van der Waals surface area (Å²) in [6, 6.07) is 0. The van der Waals surface area contributed by atoms with Crippen LogP contribution in [0.25, 0.3) is 0 Å². The second-order valence-electron chi connectivity index (χ2n) is 8.97. The third kappa shape index (κ3) is 9.27. The van der Waals surface area contributed by atoms with Gasteiger partial charge in [0.2, 0.25) is 5.91 Å². The van der Waals surface area contributed by atoms with Gasteiger partial charge in [0, 0.05) is 6.54 Å². The first-order valence-corrected chi connectivity index (χ1v) is 11.7. The number of nitrogens with one attached hydrogen (secondary N) is 1. The average molecular weight is 378 g/mol. The summed E-state index contributed by atoms with van der Waals surface area (Å²) in [4.78, 5) is 11.1. The minimum Gasteiger partial charge on any atom is -0.376 e. The van der Waals surface area contributed by atoms with Gasteiger partial charge in [0.1, 0.15) is 0 Å². The van der Waals surface area contributed by atoms with Crippen LogP contribution in [0, 0.1) is 17.8 Å². The molecule has 2 aliphatic rings. The Bertz CT molecular complexity index is 407. The molecule has 3 nitrogen and oxygen atoms in total. The van der Waals surface area contributed by atoms with Crippen LogP contribution in [0.5, 0.6) is 0 Å². The smallest absolute Gasteiger partial charge is 0.243 e. The molecule has 1 N–H and O–H groups in total. The van der Waals surface area contributed by atoms with E-state index in [9.17, 15) is 4.79 Å². The second kappa shape index (κ2) is 13.4. The Hall–Kier alpha value is -0.830. The zero-order valence-electron chi connectivity index (χ0n) is 17.7. The summed E-state index contributed by atoms with van der Waals surface area (Å²) in [6.45, 7) is 6.97. The first kappa shape index (κ1) is 22.5. The van der Waals surface area contributed by atoms with Crippen LogP contribution in [-0.2, 0) is 9.53 Å². The van der Waals surface area contributed by atoms with Crippen LogP contribution in [-0.4, -0.2) is 25.2 Å². The van der Waals surface area contributed by atoms with E-state index in [1.807, 2.05) is 0 Å². The number of amides is 1. The molecule has 2 rings (SSSR count). The van der Waals surface area contributed by atoms with E-state index < -0.39 is 0 Å². The molecule has 3 heteroatoms. The lowest BCUT2D eigenvalue weighted by atomic mass is 9.76.